The highest BCUT2D eigenvalue weighted by atomic mass is 15.2. The van der Waals surface area contributed by atoms with Crippen molar-refractivity contribution in [3.63, 3.8) is 0 Å². The van der Waals surface area contributed by atoms with Crippen molar-refractivity contribution in [2.24, 2.45) is 0 Å². The third-order valence-corrected chi connectivity index (χ3v) is 4.10. The second-order valence-electron chi connectivity index (χ2n) is 6.10. The molecule has 3 rings (SSSR count). The highest BCUT2D eigenvalue weighted by molar-refractivity contribution is 5.60. The summed E-state index contributed by atoms with van der Waals surface area (Å²) < 4.78 is 0. The predicted molar refractivity (Wildman–Crippen MR) is 105 cm³/mol. The Hall–Kier alpha value is -2.88. The molecule has 25 heavy (non-hydrogen) atoms. The first kappa shape index (κ1) is 17.0. The van der Waals surface area contributed by atoms with Crippen LogP contribution in [0, 0.1) is 6.92 Å². The molecule has 0 atom stereocenters. The van der Waals surface area contributed by atoms with Crippen LogP contribution in [0.2, 0.25) is 0 Å². The molecule has 0 fully saturated rings. The molecule has 1 aromatic heterocycles. The maximum absolute atomic E-state index is 4.66. The number of nitrogens with zero attached hydrogens (tertiary/aromatic N) is 3. The first-order chi connectivity index (χ1) is 12.2. The monoisotopic (exact) mass is 332 g/mol. The molecule has 4 heteroatoms. The minimum absolute atomic E-state index is 0.686. The van der Waals surface area contributed by atoms with E-state index in [9.17, 15) is 0 Å². The Morgan fingerprint density at radius 1 is 0.920 bits per heavy atom. The average molecular weight is 332 g/mol. The van der Waals surface area contributed by atoms with Crippen LogP contribution in [0.1, 0.15) is 17.7 Å². The lowest BCUT2D eigenvalue weighted by molar-refractivity contribution is 0.850. The van der Waals surface area contributed by atoms with Crippen LogP contribution in [0.3, 0.4) is 0 Å². The van der Waals surface area contributed by atoms with Crippen molar-refractivity contribution < 1.29 is 0 Å². The summed E-state index contributed by atoms with van der Waals surface area (Å²) in [7, 11) is 2.02. The maximum Gasteiger partial charge on any atom is 0.224 e. The molecule has 128 valence electrons. The van der Waals surface area contributed by atoms with Gasteiger partial charge in [0.25, 0.3) is 0 Å². The fourth-order valence-electron chi connectivity index (χ4n) is 2.72. The fraction of sp³-hybridized carbons (Fsp3) is 0.238. The van der Waals surface area contributed by atoms with Gasteiger partial charge < -0.3 is 10.2 Å². The van der Waals surface area contributed by atoms with Crippen molar-refractivity contribution in [2.75, 3.05) is 23.8 Å². The zero-order chi connectivity index (χ0) is 17.5. The number of hydrogen-bond acceptors (Lipinski definition) is 4. The lowest BCUT2D eigenvalue weighted by atomic mass is 10.1. The first-order valence-electron chi connectivity index (χ1n) is 8.64. The Morgan fingerprint density at radius 3 is 2.32 bits per heavy atom. The lowest BCUT2D eigenvalue weighted by Gasteiger charge is -2.19. The number of nitrogens with one attached hydrogen (secondary N) is 1. The fourth-order valence-corrected chi connectivity index (χ4v) is 2.72. The molecule has 0 bridgehead atoms. The molecule has 0 aliphatic carbocycles. The minimum Gasteiger partial charge on any atom is -0.354 e. The van der Waals surface area contributed by atoms with Gasteiger partial charge in [-0.25, -0.2) is 4.98 Å². The lowest BCUT2D eigenvalue weighted by Crippen LogP contribution is -2.14. The van der Waals surface area contributed by atoms with E-state index in [1.807, 2.05) is 44.3 Å². The summed E-state index contributed by atoms with van der Waals surface area (Å²) in [5.41, 5.74) is 3.42. The Balaban J connectivity index is 1.61. The molecule has 2 aromatic carbocycles. The van der Waals surface area contributed by atoms with Crippen LogP contribution in [0.25, 0.3) is 0 Å². The molecule has 0 spiro atoms. The van der Waals surface area contributed by atoms with E-state index in [4.69, 9.17) is 0 Å². The Bertz CT molecular complexity index is 788. The summed E-state index contributed by atoms with van der Waals surface area (Å²) >= 11 is 0. The largest absolute Gasteiger partial charge is 0.354 e. The van der Waals surface area contributed by atoms with Crippen molar-refractivity contribution in [1.82, 2.24) is 9.97 Å². The Labute approximate surface area is 149 Å². The van der Waals surface area contributed by atoms with Gasteiger partial charge in [0, 0.05) is 31.0 Å². The van der Waals surface area contributed by atoms with Crippen LogP contribution < -0.4 is 10.2 Å². The van der Waals surface area contributed by atoms with Gasteiger partial charge in [0.15, 0.2) is 0 Å². The van der Waals surface area contributed by atoms with E-state index < -0.39 is 0 Å². The highest BCUT2D eigenvalue weighted by Gasteiger charge is 2.08. The second kappa shape index (κ2) is 8.29. The quantitative estimate of drug-likeness (QED) is 0.642. The standard InChI is InChI=1S/C21H24N4/c1-17-16-20(25(2)19-13-7-4-8-14-19)24-21(23-17)22-15-9-12-18-10-5-3-6-11-18/h3-8,10-11,13-14,16H,9,12,15H2,1-2H3,(H,22,23,24). The maximum atomic E-state index is 4.66. The van der Waals surface area contributed by atoms with Gasteiger partial charge in [-0.3, -0.25) is 0 Å². The van der Waals surface area contributed by atoms with Crippen LogP contribution in [-0.4, -0.2) is 23.6 Å². The van der Waals surface area contributed by atoms with Gasteiger partial charge in [0.2, 0.25) is 5.95 Å². The molecule has 1 N–H and O–H groups in total. The average Bonchev–Trinajstić information content (AvgIpc) is 2.66. The smallest absolute Gasteiger partial charge is 0.224 e. The van der Waals surface area contributed by atoms with Crippen molar-refractivity contribution >= 4 is 17.5 Å². The zero-order valence-corrected chi connectivity index (χ0v) is 14.8. The van der Waals surface area contributed by atoms with Crippen molar-refractivity contribution in [3.05, 3.63) is 78.0 Å². The number of rotatable bonds is 7. The van der Waals surface area contributed by atoms with Crippen molar-refractivity contribution in [1.29, 1.82) is 0 Å². The highest BCUT2D eigenvalue weighted by Crippen LogP contribution is 2.22. The van der Waals surface area contributed by atoms with Gasteiger partial charge in [-0.2, -0.15) is 4.98 Å². The number of benzene rings is 2. The molecule has 0 saturated carbocycles. The molecule has 0 saturated heterocycles. The minimum atomic E-state index is 0.686. The number of aromatic nitrogens is 2. The van der Waals surface area contributed by atoms with Gasteiger partial charge in [0.05, 0.1) is 0 Å². The molecule has 0 unspecified atom stereocenters. The number of anilines is 3. The molecule has 3 aromatic rings. The van der Waals surface area contributed by atoms with Crippen molar-refractivity contribution in [2.45, 2.75) is 19.8 Å². The molecular formula is C21H24N4. The molecule has 0 radical (unpaired) electrons. The van der Waals surface area contributed by atoms with Crippen LogP contribution in [0.4, 0.5) is 17.5 Å². The van der Waals surface area contributed by atoms with E-state index in [0.29, 0.717) is 5.95 Å². The van der Waals surface area contributed by atoms with Gasteiger partial charge >= 0.3 is 0 Å². The number of hydrogen-bond donors (Lipinski definition) is 1. The summed E-state index contributed by atoms with van der Waals surface area (Å²) in [5.74, 6) is 1.58. The predicted octanol–water partition coefficient (Wildman–Crippen LogP) is 4.60. The van der Waals surface area contributed by atoms with Crippen molar-refractivity contribution in [3.8, 4) is 0 Å². The van der Waals surface area contributed by atoms with E-state index in [1.165, 1.54) is 5.56 Å². The zero-order valence-electron chi connectivity index (χ0n) is 14.8. The second-order valence-corrected chi connectivity index (χ2v) is 6.10. The van der Waals surface area contributed by atoms with E-state index in [2.05, 4.69) is 56.6 Å². The molecule has 1 heterocycles. The number of aryl methyl sites for hydroxylation is 2. The Morgan fingerprint density at radius 2 is 1.60 bits per heavy atom. The van der Waals surface area contributed by atoms with E-state index >= 15 is 0 Å². The molecular weight excluding hydrogens is 308 g/mol. The van der Waals surface area contributed by atoms with E-state index in [0.717, 1.165) is 36.6 Å². The molecule has 4 nitrogen and oxygen atoms in total. The molecule has 0 aliphatic rings. The van der Waals surface area contributed by atoms with Gasteiger partial charge in [0.1, 0.15) is 5.82 Å². The van der Waals surface area contributed by atoms with Crippen LogP contribution in [-0.2, 0) is 6.42 Å². The summed E-state index contributed by atoms with van der Waals surface area (Å²) in [4.78, 5) is 11.2. The van der Waals surface area contributed by atoms with Crippen LogP contribution >= 0.6 is 0 Å². The Kier molecular flexibility index (Phi) is 5.62. The van der Waals surface area contributed by atoms with Gasteiger partial charge in [-0.1, -0.05) is 48.5 Å². The summed E-state index contributed by atoms with van der Waals surface area (Å²) in [6.07, 6.45) is 2.10. The first-order valence-corrected chi connectivity index (χ1v) is 8.64. The van der Waals surface area contributed by atoms with E-state index in [1.54, 1.807) is 0 Å². The molecule has 0 aliphatic heterocycles. The van der Waals surface area contributed by atoms with Crippen LogP contribution in [0.5, 0.6) is 0 Å². The normalized spacial score (nSPS) is 10.5. The number of para-hydroxylation sites is 1. The van der Waals surface area contributed by atoms with Gasteiger partial charge in [-0.15, -0.1) is 0 Å². The topological polar surface area (TPSA) is 41.1 Å². The third kappa shape index (κ3) is 4.80. The van der Waals surface area contributed by atoms with Crippen LogP contribution in [0.15, 0.2) is 66.7 Å². The summed E-state index contributed by atoms with van der Waals surface area (Å²) in [6, 6.07) is 22.8. The van der Waals surface area contributed by atoms with E-state index in [-0.39, 0.29) is 0 Å². The molecule has 0 amide bonds. The third-order valence-electron chi connectivity index (χ3n) is 4.10. The SMILES string of the molecule is Cc1cc(N(C)c2ccccc2)nc(NCCCc2ccccc2)n1. The summed E-state index contributed by atoms with van der Waals surface area (Å²) in [6.45, 7) is 2.85. The summed E-state index contributed by atoms with van der Waals surface area (Å²) in [5, 5.41) is 3.35. The van der Waals surface area contributed by atoms with Gasteiger partial charge in [-0.05, 0) is 37.5 Å².